The topological polar surface area (TPSA) is 118 Å². The minimum Gasteiger partial charge on any atom is -0.384 e. The number of aromatic nitrogens is 1. The third-order valence-electron chi connectivity index (χ3n) is 7.79. The maximum absolute atomic E-state index is 15.5. The number of alkyl halides is 1. The molecule has 3 aliphatic rings. The number of nitrogens with zero attached hydrogens (tertiary/aromatic N) is 2. The van der Waals surface area contributed by atoms with E-state index in [9.17, 15) is 18.0 Å². The van der Waals surface area contributed by atoms with Crippen molar-refractivity contribution < 1.29 is 27.1 Å². The summed E-state index contributed by atoms with van der Waals surface area (Å²) in [7, 11) is 0.711. The van der Waals surface area contributed by atoms with E-state index in [1.165, 1.54) is 23.7 Å². The van der Waals surface area contributed by atoms with Crippen molar-refractivity contribution in [3.8, 4) is 0 Å². The van der Waals surface area contributed by atoms with Crippen LogP contribution < -0.4 is 20.5 Å². The molecule has 1 aromatic heterocycles. The van der Waals surface area contributed by atoms with Crippen molar-refractivity contribution in [3.05, 3.63) is 61.6 Å². The summed E-state index contributed by atoms with van der Waals surface area (Å²) < 4.78 is 48.0. The highest BCUT2D eigenvalue weighted by molar-refractivity contribution is 7.92. The van der Waals surface area contributed by atoms with Crippen LogP contribution in [0.1, 0.15) is 64.2 Å². The molecule has 5 rings (SSSR count). The summed E-state index contributed by atoms with van der Waals surface area (Å²) in [6.07, 6.45) is 6.85. The van der Waals surface area contributed by atoms with Crippen LogP contribution in [-0.4, -0.2) is 82.4 Å². The van der Waals surface area contributed by atoms with Gasteiger partial charge in [0, 0.05) is 44.4 Å². The molecule has 0 bridgehead atoms. The van der Waals surface area contributed by atoms with Crippen molar-refractivity contribution in [3.63, 3.8) is 0 Å². The van der Waals surface area contributed by atoms with Crippen LogP contribution in [0.4, 0.5) is 4.39 Å². The second-order valence-electron chi connectivity index (χ2n) is 11.2. The molecule has 0 radical (unpaired) electrons. The van der Waals surface area contributed by atoms with E-state index < -0.39 is 33.1 Å². The monoisotopic (exact) mass is 616 g/mol. The average molecular weight is 617 g/mol. The standard InChI is InChI=1S/C30H37FN4O5S2/c1-35(2)30(37)20-9-5-8-19(14-20)22-15-26-24(16-23(22)31)34-29(41-26)27(42(38,39)13-12-40-3)28(36)32-17-25(18-6-4-7-18)33-21-10-11-21/h5,8-9,14-16,21-23,27,33H,4,6-7,10-13,17H2,1-3H3,(H,32,36). The normalized spacial score (nSPS) is 20.3. The molecule has 2 N–H and O–H groups in total. The van der Waals surface area contributed by atoms with Gasteiger partial charge in [-0.3, -0.25) is 9.59 Å². The number of nitrogens with one attached hydrogen (secondary N) is 2. The molecule has 0 aliphatic heterocycles. The van der Waals surface area contributed by atoms with Crippen LogP contribution in [0.2, 0.25) is 0 Å². The minimum absolute atomic E-state index is 0.0649. The fourth-order valence-corrected chi connectivity index (χ4v) is 8.07. The van der Waals surface area contributed by atoms with Crippen LogP contribution in [0, 0.1) is 0 Å². The van der Waals surface area contributed by atoms with Crippen LogP contribution >= 0.6 is 11.3 Å². The third kappa shape index (κ3) is 6.76. The van der Waals surface area contributed by atoms with E-state index in [0.29, 0.717) is 27.1 Å². The number of sulfone groups is 1. The number of ether oxygens (including phenoxy) is 1. The highest BCUT2D eigenvalue weighted by Crippen LogP contribution is 2.31. The van der Waals surface area contributed by atoms with Crippen molar-refractivity contribution in [2.24, 2.45) is 0 Å². The van der Waals surface area contributed by atoms with Gasteiger partial charge >= 0.3 is 0 Å². The zero-order valence-corrected chi connectivity index (χ0v) is 25.7. The molecule has 3 unspecified atom stereocenters. The maximum Gasteiger partial charge on any atom is 0.253 e. The number of allylic oxidation sites excluding steroid dienone is 1. The average Bonchev–Trinajstić information content (AvgIpc) is 3.66. The van der Waals surface area contributed by atoms with Gasteiger partial charge < -0.3 is 20.3 Å². The molecule has 2 amide bonds. The lowest BCUT2D eigenvalue weighted by Crippen LogP contribution is -2.39. The molecule has 9 nitrogen and oxygen atoms in total. The Morgan fingerprint density at radius 3 is 2.62 bits per heavy atom. The first-order valence-electron chi connectivity index (χ1n) is 14.2. The summed E-state index contributed by atoms with van der Waals surface area (Å²) in [6.45, 7) is 0.158. The van der Waals surface area contributed by atoms with Gasteiger partial charge in [0.2, 0.25) is 5.91 Å². The molecule has 2 fully saturated rings. The Morgan fingerprint density at radius 2 is 1.98 bits per heavy atom. The fourth-order valence-electron chi connectivity index (χ4n) is 5.06. The first-order chi connectivity index (χ1) is 20.1. The molecule has 1 heterocycles. The van der Waals surface area contributed by atoms with Gasteiger partial charge in [-0.1, -0.05) is 18.2 Å². The SMILES string of the molecule is COCCS(=O)(=O)C(C(=O)NCC(NC1CC1)=C1CCC1)c1nc2c(s1)=CC(c1cccc(C(=O)N(C)C)c1)C(F)C=2. The van der Waals surface area contributed by atoms with Crippen LogP contribution in [-0.2, 0) is 19.4 Å². The van der Waals surface area contributed by atoms with Crippen LogP contribution in [0.3, 0.4) is 0 Å². The van der Waals surface area contributed by atoms with Crippen molar-refractivity contribution in [2.45, 2.75) is 55.5 Å². The number of hydrogen-bond donors (Lipinski definition) is 2. The van der Waals surface area contributed by atoms with E-state index >= 15 is 4.39 Å². The van der Waals surface area contributed by atoms with Gasteiger partial charge in [-0.05, 0) is 61.4 Å². The van der Waals surface area contributed by atoms with Crippen LogP contribution in [0.25, 0.3) is 12.2 Å². The third-order valence-corrected chi connectivity index (χ3v) is 10.9. The van der Waals surface area contributed by atoms with Crippen molar-refractivity contribution in [1.29, 1.82) is 0 Å². The number of fused-ring (bicyclic) bond motifs is 1. The maximum atomic E-state index is 15.5. The van der Waals surface area contributed by atoms with E-state index in [-0.39, 0.29) is 29.8 Å². The lowest BCUT2D eigenvalue weighted by Gasteiger charge is -2.24. The first kappa shape index (κ1) is 30.4. The summed E-state index contributed by atoms with van der Waals surface area (Å²) in [5.74, 6) is -1.89. The Morgan fingerprint density at radius 1 is 1.21 bits per heavy atom. The zero-order chi connectivity index (χ0) is 30.0. The van der Waals surface area contributed by atoms with E-state index in [1.54, 1.807) is 44.4 Å². The Bertz CT molecular complexity index is 1610. The molecular formula is C30H37FN4O5S2. The summed E-state index contributed by atoms with van der Waals surface area (Å²) >= 11 is 1.08. The van der Waals surface area contributed by atoms with Gasteiger partial charge in [0.05, 0.1) is 28.8 Å². The van der Waals surface area contributed by atoms with Gasteiger partial charge in [-0.25, -0.2) is 17.8 Å². The molecule has 0 saturated heterocycles. The number of methoxy groups -OCH3 is 1. The zero-order valence-electron chi connectivity index (χ0n) is 24.1. The Balaban J connectivity index is 1.45. The summed E-state index contributed by atoms with van der Waals surface area (Å²) in [5.41, 5.74) is 3.31. The predicted octanol–water partition coefficient (Wildman–Crippen LogP) is 1.95. The quantitative estimate of drug-likeness (QED) is 0.375. The van der Waals surface area contributed by atoms with Gasteiger partial charge in [0.15, 0.2) is 15.1 Å². The molecule has 3 aliphatic carbocycles. The number of carbonyl (C=O) groups is 2. The highest BCUT2D eigenvalue weighted by atomic mass is 32.2. The summed E-state index contributed by atoms with van der Waals surface area (Å²) in [4.78, 5) is 32.0. The van der Waals surface area contributed by atoms with Crippen LogP contribution in [0.15, 0.2) is 35.5 Å². The number of thiazole rings is 1. The number of carbonyl (C=O) groups excluding carboxylic acids is 2. The lowest BCUT2D eigenvalue weighted by atomic mass is 9.90. The molecule has 1 aromatic carbocycles. The second-order valence-corrected chi connectivity index (χ2v) is 14.5. The summed E-state index contributed by atoms with van der Waals surface area (Å²) in [6, 6.07) is 7.24. The molecule has 3 atom stereocenters. The lowest BCUT2D eigenvalue weighted by molar-refractivity contribution is -0.120. The number of hydrogen-bond acceptors (Lipinski definition) is 8. The predicted molar refractivity (Wildman–Crippen MR) is 161 cm³/mol. The Hall–Kier alpha value is -3.09. The van der Waals surface area contributed by atoms with Crippen molar-refractivity contribution in [2.75, 3.05) is 40.1 Å². The van der Waals surface area contributed by atoms with E-state index in [4.69, 9.17) is 4.74 Å². The highest BCUT2D eigenvalue weighted by Gasteiger charge is 2.37. The molecule has 12 heteroatoms. The molecule has 226 valence electrons. The Labute approximate surface area is 249 Å². The largest absolute Gasteiger partial charge is 0.384 e. The fraction of sp³-hybridized carbons (Fsp3) is 0.500. The van der Waals surface area contributed by atoms with Gasteiger partial charge in [0.25, 0.3) is 5.91 Å². The van der Waals surface area contributed by atoms with Crippen molar-refractivity contribution >= 4 is 45.1 Å². The van der Waals surface area contributed by atoms with Crippen molar-refractivity contribution in [1.82, 2.24) is 20.5 Å². The molecule has 0 spiro atoms. The number of halogens is 1. The number of rotatable bonds is 12. The minimum atomic E-state index is -4.00. The van der Waals surface area contributed by atoms with Gasteiger partial charge in [-0.15, -0.1) is 11.3 Å². The molecule has 2 saturated carbocycles. The van der Waals surface area contributed by atoms with Gasteiger partial charge in [-0.2, -0.15) is 0 Å². The smallest absolute Gasteiger partial charge is 0.253 e. The van der Waals surface area contributed by atoms with E-state index in [2.05, 4.69) is 15.6 Å². The molecule has 42 heavy (non-hydrogen) atoms. The molecule has 2 aromatic rings. The van der Waals surface area contributed by atoms with E-state index in [0.717, 1.165) is 49.1 Å². The number of amides is 2. The van der Waals surface area contributed by atoms with Crippen LogP contribution in [0.5, 0.6) is 0 Å². The van der Waals surface area contributed by atoms with Gasteiger partial charge in [0.1, 0.15) is 11.2 Å². The molecular weight excluding hydrogens is 579 g/mol. The second kappa shape index (κ2) is 12.6. The first-order valence-corrected chi connectivity index (χ1v) is 16.7. The summed E-state index contributed by atoms with van der Waals surface area (Å²) in [5, 5.41) is 5.20. The number of benzene rings is 1. The Kier molecular flexibility index (Phi) is 9.14. The van der Waals surface area contributed by atoms with E-state index in [1.807, 2.05) is 0 Å².